The number of carbonyl (C=O) groups excluding carboxylic acids is 1. The molecule has 3 rings (SSSR count). The number of hydrogen-bond acceptors (Lipinski definition) is 5. The van der Waals surface area contributed by atoms with Crippen molar-refractivity contribution in [1.29, 1.82) is 0 Å². The van der Waals surface area contributed by atoms with Crippen molar-refractivity contribution in [1.82, 2.24) is 10.2 Å². The van der Waals surface area contributed by atoms with Crippen LogP contribution in [0.5, 0.6) is 0 Å². The summed E-state index contributed by atoms with van der Waals surface area (Å²) in [4.78, 5) is 13.8. The Bertz CT molecular complexity index is 530. The number of piperazine rings is 1. The number of fused-ring (bicyclic) bond motifs is 1. The molecule has 1 aromatic rings. The molecule has 2 aliphatic heterocycles. The lowest BCUT2D eigenvalue weighted by Crippen LogP contribution is -2.45. The lowest BCUT2D eigenvalue weighted by atomic mass is 9.95. The van der Waals surface area contributed by atoms with Crippen LogP contribution in [0.4, 0.5) is 0 Å². The zero-order chi connectivity index (χ0) is 14.1. The number of nitrogens with zero attached hydrogens (tertiary/aromatic N) is 1. The van der Waals surface area contributed by atoms with E-state index in [0.717, 1.165) is 42.9 Å². The second-order valence-electron chi connectivity index (χ2n) is 5.45. The van der Waals surface area contributed by atoms with E-state index in [4.69, 9.17) is 4.74 Å². The van der Waals surface area contributed by atoms with E-state index in [0.29, 0.717) is 18.7 Å². The van der Waals surface area contributed by atoms with Crippen LogP contribution in [0.15, 0.2) is 12.1 Å². The molecule has 1 saturated heterocycles. The smallest absolute Gasteiger partial charge is 0.338 e. The highest BCUT2D eigenvalue weighted by molar-refractivity contribution is 5.93. The number of carbonyl (C=O) groups is 1. The van der Waals surface area contributed by atoms with E-state index < -0.39 is 6.10 Å². The van der Waals surface area contributed by atoms with Gasteiger partial charge in [-0.05, 0) is 24.1 Å². The first-order chi connectivity index (χ1) is 9.66. The number of rotatable bonds is 3. The molecule has 0 saturated carbocycles. The average Bonchev–Trinajstić information content (AvgIpc) is 2.83. The highest BCUT2D eigenvalue weighted by atomic mass is 35.5. The molecule has 21 heavy (non-hydrogen) atoms. The number of nitrogens with one attached hydrogen (secondary N) is 1. The summed E-state index contributed by atoms with van der Waals surface area (Å²) >= 11 is 0. The fourth-order valence-electron chi connectivity index (χ4n) is 2.97. The third-order valence-corrected chi connectivity index (χ3v) is 4.21. The van der Waals surface area contributed by atoms with Crippen LogP contribution in [0, 0.1) is 6.92 Å². The number of halogens is 1. The second kappa shape index (κ2) is 6.75. The van der Waals surface area contributed by atoms with Gasteiger partial charge in [0, 0.05) is 38.3 Å². The Kier molecular flexibility index (Phi) is 5.22. The van der Waals surface area contributed by atoms with Crippen LogP contribution in [-0.4, -0.2) is 48.7 Å². The summed E-state index contributed by atoms with van der Waals surface area (Å²) in [7, 11) is 0. The van der Waals surface area contributed by atoms with Crippen molar-refractivity contribution in [3.05, 3.63) is 34.4 Å². The van der Waals surface area contributed by atoms with Gasteiger partial charge in [-0.1, -0.05) is 6.07 Å². The molecule has 0 spiro atoms. The maximum absolute atomic E-state index is 11.5. The number of ether oxygens (including phenoxy) is 1. The lowest BCUT2D eigenvalue weighted by molar-refractivity contribution is 0.0535. The monoisotopic (exact) mass is 312 g/mol. The third-order valence-electron chi connectivity index (χ3n) is 4.21. The summed E-state index contributed by atoms with van der Waals surface area (Å²) in [5.41, 5.74) is 3.45. The van der Waals surface area contributed by atoms with Gasteiger partial charge < -0.3 is 15.2 Å². The molecule has 1 fully saturated rings. The molecular weight excluding hydrogens is 292 g/mol. The van der Waals surface area contributed by atoms with Crippen LogP contribution >= 0.6 is 12.4 Å². The molecule has 1 atom stereocenters. The Morgan fingerprint density at radius 3 is 2.81 bits per heavy atom. The summed E-state index contributed by atoms with van der Waals surface area (Å²) in [6.45, 7) is 6.78. The molecule has 116 valence electrons. The summed E-state index contributed by atoms with van der Waals surface area (Å²) < 4.78 is 5.05. The summed E-state index contributed by atoms with van der Waals surface area (Å²) in [6.07, 6.45) is -0.519. The Hall–Kier alpha value is -1.14. The quantitative estimate of drug-likeness (QED) is 0.816. The van der Waals surface area contributed by atoms with Gasteiger partial charge in [-0.25, -0.2) is 4.79 Å². The standard InChI is InChI=1S/C15H20N2O3.ClH/c1-10-11(2-3-12-13(10)9-20-15(12)19)14(18)8-17-6-4-16-5-7-17;/h2-3,14,16,18H,4-9H2,1H3;1H/t14-;/m1./s1. The van der Waals surface area contributed by atoms with Gasteiger partial charge >= 0.3 is 5.97 Å². The Morgan fingerprint density at radius 1 is 1.38 bits per heavy atom. The predicted molar refractivity (Wildman–Crippen MR) is 81.8 cm³/mol. The summed E-state index contributed by atoms with van der Waals surface area (Å²) in [6, 6.07) is 3.63. The largest absolute Gasteiger partial charge is 0.457 e. The van der Waals surface area contributed by atoms with E-state index in [1.165, 1.54) is 0 Å². The van der Waals surface area contributed by atoms with Crippen LogP contribution in [-0.2, 0) is 11.3 Å². The maximum atomic E-state index is 11.5. The number of esters is 1. The zero-order valence-electron chi connectivity index (χ0n) is 12.1. The average molecular weight is 313 g/mol. The molecule has 2 N–H and O–H groups in total. The van der Waals surface area contributed by atoms with Crippen molar-refractivity contribution in [3.63, 3.8) is 0 Å². The molecule has 0 radical (unpaired) electrons. The van der Waals surface area contributed by atoms with Crippen molar-refractivity contribution in [2.75, 3.05) is 32.7 Å². The van der Waals surface area contributed by atoms with Crippen LogP contribution in [0.25, 0.3) is 0 Å². The molecule has 0 amide bonds. The van der Waals surface area contributed by atoms with Crippen molar-refractivity contribution >= 4 is 18.4 Å². The van der Waals surface area contributed by atoms with Crippen molar-refractivity contribution < 1.29 is 14.6 Å². The minimum absolute atomic E-state index is 0. The Labute approximate surface area is 130 Å². The van der Waals surface area contributed by atoms with Gasteiger partial charge in [-0.15, -0.1) is 12.4 Å². The second-order valence-corrected chi connectivity index (χ2v) is 5.45. The zero-order valence-corrected chi connectivity index (χ0v) is 12.9. The first kappa shape index (κ1) is 16.2. The number of aliphatic hydroxyl groups is 1. The first-order valence-corrected chi connectivity index (χ1v) is 7.07. The number of β-amino-alcohol motifs (C(OH)–C–C–N with tert-alkyl or cyclic N) is 1. The predicted octanol–water partition coefficient (Wildman–Crippen LogP) is 1.03. The van der Waals surface area contributed by atoms with Gasteiger partial charge in [0.1, 0.15) is 6.61 Å². The van der Waals surface area contributed by atoms with Gasteiger partial charge in [-0.3, -0.25) is 4.90 Å². The van der Waals surface area contributed by atoms with Crippen molar-refractivity contribution in [2.24, 2.45) is 0 Å². The highest BCUT2D eigenvalue weighted by Gasteiger charge is 2.26. The lowest BCUT2D eigenvalue weighted by Gasteiger charge is -2.29. The molecule has 6 heteroatoms. The Balaban J connectivity index is 0.00000161. The molecular formula is C15H21ClN2O3. The molecule has 2 heterocycles. The summed E-state index contributed by atoms with van der Waals surface area (Å²) in [5.74, 6) is -0.258. The van der Waals surface area contributed by atoms with Gasteiger partial charge in [0.05, 0.1) is 11.7 Å². The highest BCUT2D eigenvalue weighted by Crippen LogP contribution is 2.29. The topological polar surface area (TPSA) is 61.8 Å². The van der Waals surface area contributed by atoms with Crippen LogP contribution in [0.1, 0.15) is 33.2 Å². The Morgan fingerprint density at radius 2 is 2.10 bits per heavy atom. The molecule has 0 aromatic heterocycles. The van der Waals surface area contributed by atoms with E-state index >= 15 is 0 Å². The van der Waals surface area contributed by atoms with Crippen molar-refractivity contribution in [3.8, 4) is 0 Å². The number of benzene rings is 1. The van der Waals surface area contributed by atoms with Gasteiger partial charge in [0.15, 0.2) is 0 Å². The summed E-state index contributed by atoms with van der Waals surface area (Å²) in [5, 5.41) is 13.8. The molecule has 2 aliphatic rings. The van der Waals surface area contributed by atoms with E-state index in [1.807, 2.05) is 13.0 Å². The van der Waals surface area contributed by atoms with Crippen LogP contribution < -0.4 is 5.32 Å². The molecule has 0 unspecified atom stereocenters. The molecule has 0 bridgehead atoms. The number of hydrogen-bond donors (Lipinski definition) is 2. The fourth-order valence-corrected chi connectivity index (χ4v) is 2.97. The molecule has 1 aromatic carbocycles. The van der Waals surface area contributed by atoms with Crippen LogP contribution in [0.3, 0.4) is 0 Å². The molecule has 0 aliphatic carbocycles. The number of aliphatic hydroxyl groups excluding tert-OH is 1. The van der Waals surface area contributed by atoms with E-state index in [1.54, 1.807) is 6.07 Å². The minimum atomic E-state index is -0.519. The van der Waals surface area contributed by atoms with E-state index in [-0.39, 0.29) is 18.4 Å². The van der Waals surface area contributed by atoms with E-state index in [2.05, 4.69) is 10.2 Å². The third kappa shape index (κ3) is 3.21. The SMILES string of the molecule is Cc1c([C@H](O)CN2CCNCC2)ccc2c1COC2=O.Cl. The van der Waals surface area contributed by atoms with Crippen molar-refractivity contribution in [2.45, 2.75) is 19.6 Å². The first-order valence-electron chi connectivity index (χ1n) is 7.07. The molecule has 5 nitrogen and oxygen atoms in total. The fraction of sp³-hybridized carbons (Fsp3) is 0.533. The van der Waals surface area contributed by atoms with Gasteiger partial charge in [-0.2, -0.15) is 0 Å². The number of cyclic esters (lactones) is 1. The normalized spacial score (nSPS) is 19.6. The minimum Gasteiger partial charge on any atom is -0.457 e. The maximum Gasteiger partial charge on any atom is 0.338 e. The van der Waals surface area contributed by atoms with Gasteiger partial charge in [0.25, 0.3) is 0 Å². The van der Waals surface area contributed by atoms with Crippen LogP contribution in [0.2, 0.25) is 0 Å². The van der Waals surface area contributed by atoms with Gasteiger partial charge in [0.2, 0.25) is 0 Å². The van der Waals surface area contributed by atoms with E-state index in [9.17, 15) is 9.90 Å².